The number of hydrogen-bond acceptors (Lipinski definition) is 3. The van der Waals surface area contributed by atoms with Crippen molar-refractivity contribution >= 4 is 0 Å². The molecule has 0 saturated carbocycles. The summed E-state index contributed by atoms with van der Waals surface area (Å²) in [5, 5.41) is 29.0. The van der Waals surface area contributed by atoms with Crippen molar-refractivity contribution in [1.29, 1.82) is 0 Å². The Morgan fingerprint density at radius 2 is 1.43 bits per heavy atom. The number of aliphatic hydroxyl groups is 3. The lowest BCUT2D eigenvalue weighted by Crippen LogP contribution is -2.44. The summed E-state index contributed by atoms with van der Waals surface area (Å²) in [5.74, 6) is 0. The predicted octanol–water partition coefficient (Wildman–Crippen LogP) is 3.96. The molecule has 0 bridgehead atoms. The monoisotopic (exact) mass is 300 g/mol. The highest BCUT2D eigenvalue weighted by Crippen LogP contribution is 2.24. The highest BCUT2D eigenvalue weighted by Gasteiger charge is 2.33. The Morgan fingerprint density at radius 1 is 0.952 bits per heavy atom. The number of rotatable bonds is 15. The van der Waals surface area contributed by atoms with E-state index in [1.165, 1.54) is 51.4 Å². The molecule has 3 N–H and O–H groups in total. The molecule has 0 fully saturated rings. The standard InChI is InChI=1S/C18H36O3/c1-3-5-6-7-8-9-10-11-12-13-15-18(21,14-4-2)17(20)16-19/h4,17,19-21H,2-3,5-16H2,1H3. The average molecular weight is 300 g/mol. The van der Waals surface area contributed by atoms with Gasteiger partial charge in [-0.25, -0.2) is 0 Å². The SMILES string of the molecule is C=CCC(O)(CCCCCCCCCCCC)C(O)CO. The smallest absolute Gasteiger partial charge is 0.106 e. The maximum Gasteiger partial charge on any atom is 0.106 e. The van der Waals surface area contributed by atoms with Crippen LogP contribution in [0.1, 0.15) is 84.0 Å². The van der Waals surface area contributed by atoms with Crippen LogP contribution in [0.3, 0.4) is 0 Å². The normalized spacial score (nSPS) is 15.6. The van der Waals surface area contributed by atoms with Crippen molar-refractivity contribution in [2.45, 2.75) is 95.7 Å². The van der Waals surface area contributed by atoms with E-state index in [4.69, 9.17) is 5.11 Å². The van der Waals surface area contributed by atoms with Crippen LogP contribution in [0.4, 0.5) is 0 Å². The van der Waals surface area contributed by atoms with Gasteiger partial charge in [0, 0.05) is 0 Å². The van der Waals surface area contributed by atoms with E-state index in [1.54, 1.807) is 6.08 Å². The summed E-state index contributed by atoms with van der Waals surface area (Å²) in [7, 11) is 0. The van der Waals surface area contributed by atoms with Crippen LogP contribution >= 0.6 is 0 Å². The maximum atomic E-state index is 10.3. The lowest BCUT2D eigenvalue weighted by Gasteiger charge is -2.31. The fraction of sp³-hybridized carbons (Fsp3) is 0.889. The first-order valence-electron chi connectivity index (χ1n) is 8.73. The zero-order chi connectivity index (χ0) is 16.0. The Balaban J connectivity index is 3.61. The van der Waals surface area contributed by atoms with Crippen molar-refractivity contribution in [3.05, 3.63) is 12.7 Å². The second-order valence-corrected chi connectivity index (χ2v) is 6.23. The van der Waals surface area contributed by atoms with Crippen molar-refractivity contribution in [1.82, 2.24) is 0 Å². The van der Waals surface area contributed by atoms with Gasteiger partial charge >= 0.3 is 0 Å². The molecule has 0 aliphatic carbocycles. The van der Waals surface area contributed by atoms with E-state index < -0.39 is 18.3 Å². The topological polar surface area (TPSA) is 60.7 Å². The van der Waals surface area contributed by atoms with E-state index in [9.17, 15) is 10.2 Å². The van der Waals surface area contributed by atoms with Gasteiger partial charge in [-0.1, -0.05) is 77.2 Å². The first-order valence-corrected chi connectivity index (χ1v) is 8.73. The number of hydrogen-bond donors (Lipinski definition) is 3. The molecule has 0 aromatic heterocycles. The molecule has 21 heavy (non-hydrogen) atoms. The quantitative estimate of drug-likeness (QED) is 0.317. The first-order chi connectivity index (χ1) is 10.1. The van der Waals surface area contributed by atoms with Crippen LogP contribution in [0.2, 0.25) is 0 Å². The molecule has 0 heterocycles. The predicted molar refractivity (Wildman–Crippen MR) is 89.3 cm³/mol. The fourth-order valence-corrected chi connectivity index (χ4v) is 2.74. The minimum absolute atomic E-state index is 0.326. The van der Waals surface area contributed by atoms with Gasteiger partial charge in [0.05, 0.1) is 12.2 Å². The molecule has 0 aliphatic heterocycles. The molecule has 0 aliphatic rings. The second kappa shape index (κ2) is 13.3. The van der Waals surface area contributed by atoms with Crippen molar-refractivity contribution in [2.75, 3.05) is 6.61 Å². The van der Waals surface area contributed by atoms with Crippen LogP contribution in [-0.4, -0.2) is 33.6 Å². The zero-order valence-corrected chi connectivity index (χ0v) is 13.9. The Bertz CT molecular complexity index is 243. The Kier molecular flexibility index (Phi) is 13.1. The third kappa shape index (κ3) is 10.0. The molecule has 3 nitrogen and oxygen atoms in total. The fourth-order valence-electron chi connectivity index (χ4n) is 2.74. The van der Waals surface area contributed by atoms with E-state index in [0.717, 1.165) is 12.8 Å². The lowest BCUT2D eigenvalue weighted by molar-refractivity contribution is -0.0983. The Morgan fingerprint density at radius 3 is 1.86 bits per heavy atom. The lowest BCUT2D eigenvalue weighted by atomic mass is 9.87. The molecule has 0 aromatic rings. The molecule has 0 saturated heterocycles. The first kappa shape index (κ1) is 20.6. The van der Waals surface area contributed by atoms with E-state index in [1.807, 2.05) is 0 Å². The van der Waals surface area contributed by atoms with Gasteiger partial charge in [-0.15, -0.1) is 6.58 Å². The highest BCUT2D eigenvalue weighted by atomic mass is 16.4. The number of unbranched alkanes of at least 4 members (excludes halogenated alkanes) is 9. The van der Waals surface area contributed by atoms with Crippen LogP contribution in [-0.2, 0) is 0 Å². The van der Waals surface area contributed by atoms with Gasteiger partial charge in [-0.05, 0) is 12.8 Å². The van der Waals surface area contributed by atoms with Gasteiger partial charge in [0.2, 0.25) is 0 Å². The molecule has 2 atom stereocenters. The second-order valence-electron chi connectivity index (χ2n) is 6.23. The Labute approximate surface area is 131 Å². The summed E-state index contributed by atoms with van der Waals surface area (Å²) in [6, 6.07) is 0. The van der Waals surface area contributed by atoms with Gasteiger partial charge in [0.15, 0.2) is 0 Å². The summed E-state index contributed by atoms with van der Waals surface area (Å²) in [4.78, 5) is 0. The summed E-state index contributed by atoms with van der Waals surface area (Å²) in [6.07, 6.45) is 13.8. The minimum Gasteiger partial charge on any atom is -0.394 e. The summed E-state index contributed by atoms with van der Waals surface area (Å²) < 4.78 is 0. The molecule has 0 spiro atoms. The van der Waals surface area contributed by atoms with E-state index in [2.05, 4.69) is 13.5 Å². The van der Waals surface area contributed by atoms with E-state index in [0.29, 0.717) is 12.8 Å². The third-order valence-electron chi connectivity index (χ3n) is 4.25. The van der Waals surface area contributed by atoms with Crippen LogP contribution in [0, 0.1) is 0 Å². The highest BCUT2D eigenvalue weighted by molar-refractivity contribution is 4.92. The molecule has 0 rings (SSSR count). The van der Waals surface area contributed by atoms with Gasteiger partial charge in [-0.3, -0.25) is 0 Å². The van der Waals surface area contributed by atoms with Gasteiger partial charge in [-0.2, -0.15) is 0 Å². The van der Waals surface area contributed by atoms with E-state index >= 15 is 0 Å². The van der Waals surface area contributed by atoms with Crippen molar-refractivity contribution in [3.8, 4) is 0 Å². The Hall–Kier alpha value is -0.380. The van der Waals surface area contributed by atoms with Crippen molar-refractivity contribution in [3.63, 3.8) is 0 Å². The largest absolute Gasteiger partial charge is 0.394 e. The van der Waals surface area contributed by atoms with E-state index in [-0.39, 0.29) is 0 Å². The van der Waals surface area contributed by atoms with Gasteiger partial charge < -0.3 is 15.3 Å². The third-order valence-corrected chi connectivity index (χ3v) is 4.25. The molecule has 0 radical (unpaired) electrons. The maximum absolute atomic E-state index is 10.3. The summed E-state index contributed by atoms with van der Waals surface area (Å²) >= 11 is 0. The molecule has 0 aromatic carbocycles. The molecular formula is C18H36O3. The van der Waals surface area contributed by atoms with Crippen molar-refractivity contribution < 1.29 is 15.3 Å². The zero-order valence-electron chi connectivity index (χ0n) is 13.9. The molecule has 3 heteroatoms. The van der Waals surface area contributed by atoms with Crippen LogP contribution in [0.5, 0.6) is 0 Å². The van der Waals surface area contributed by atoms with Crippen LogP contribution in [0.25, 0.3) is 0 Å². The number of aliphatic hydroxyl groups excluding tert-OH is 2. The molecule has 126 valence electrons. The minimum atomic E-state index is -1.21. The van der Waals surface area contributed by atoms with Crippen LogP contribution in [0.15, 0.2) is 12.7 Å². The summed E-state index contributed by atoms with van der Waals surface area (Å²) in [5.41, 5.74) is -1.21. The molecular weight excluding hydrogens is 264 g/mol. The van der Waals surface area contributed by atoms with Crippen molar-refractivity contribution in [2.24, 2.45) is 0 Å². The van der Waals surface area contributed by atoms with Gasteiger partial charge in [0.25, 0.3) is 0 Å². The molecule has 2 unspecified atom stereocenters. The van der Waals surface area contributed by atoms with Crippen LogP contribution < -0.4 is 0 Å². The van der Waals surface area contributed by atoms with Gasteiger partial charge in [0.1, 0.15) is 6.10 Å². The molecule has 0 amide bonds. The summed E-state index contributed by atoms with van der Waals surface area (Å²) in [6.45, 7) is 5.45. The average Bonchev–Trinajstić information content (AvgIpc) is 2.48.